The van der Waals surface area contributed by atoms with Gasteiger partial charge in [-0.15, -0.1) is 0 Å². The molecule has 0 aliphatic rings. The number of aromatic nitrogens is 1. The van der Waals surface area contributed by atoms with Crippen molar-refractivity contribution in [1.29, 1.82) is 0 Å². The number of anilines is 1. The van der Waals surface area contributed by atoms with Gasteiger partial charge in [-0.25, -0.2) is 0 Å². The molecule has 0 atom stereocenters. The number of methoxy groups -OCH3 is 1. The second-order valence-electron chi connectivity index (χ2n) is 4.70. The molecule has 2 N–H and O–H groups in total. The predicted octanol–water partition coefficient (Wildman–Crippen LogP) is 1.77. The minimum atomic E-state index is 0.632. The van der Waals surface area contributed by atoms with E-state index in [9.17, 15) is 0 Å². The van der Waals surface area contributed by atoms with E-state index in [2.05, 4.69) is 23.7 Å². The van der Waals surface area contributed by atoms with E-state index in [1.807, 2.05) is 12.1 Å². The van der Waals surface area contributed by atoms with Gasteiger partial charge in [0, 0.05) is 38.6 Å². The molecule has 0 aliphatic carbocycles. The number of rotatable bonds is 7. The van der Waals surface area contributed by atoms with E-state index in [4.69, 9.17) is 10.5 Å². The lowest BCUT2D eigenvalue weighted by atomic mass is 10.2. The summed E-state index contributed by atoms with van der Waals surface area (Å²) in [6.45, 7) is 7.96. The Morgan fingerprint density at radius 1 is 1.47 bits per heavy atom. The molecule has 0 fully saturated rings. The molecule has 0 bridgehead atoms. The van der Waals surface area contributed by atoms with Crippen LogP contribution in [0.5, 0.6) is 0 Å². The van der Waals surface area contributed by atoms with Crippen molar-refractivity contribution in [3.8, 4) is 0 Å². The average molecular weight is 237 g/mol. The zero-order chi connectivity index (χ0) is 12.7. The first-order valence-corrected chi connectivity index (χ1v) is 6.03. The maximum Gasteiger partial charge on any atom is 0.0589 e. The summed E-state index contributed by atoms with van der Waals surface area (Å²) in [5, 5.41) is 0. The quantitative estimate of drug-likeness (QED) is 0.785. The fraction of sp³-hybridized carbons (Fsp3) is 0.615. The van der Waals surface area contributed by atoms with Crippen LogP contribution in [0.25, 0.3) is 0 Å². The zero-order valence-corrected chi connectivity index (χ0v) is 11.0. The Hall–Kier alpha value is -1.13. The van der Waals surface area contributed by atoms with Crippen LogP contribution in [0.4, 0.5) is 5.69 Å². The van der Waals surface area contributed by atoms with Crippen LogP contribution in [0.15, 0.2) is 18.3 Å². The molecule has 96 valence electrons. The van der Waals surface area contributed by atoms with Gasteiger partial charge in [-0.05, 0) is 18.1 Å². The minimum Gasteiger partial charge on any atom is -0.399 e. The molecular formula is C13H23N3O. The first kappa shape index (κ1) is 13.9. The fourth-order valence-electron chi connectivity index (χ4n) is 1.78. The number of hydrogen-bond donors (Lipinski definition) is 1. The molecule has 4 heteroatoms. The number of nitrogens with zero attached hydrogens (tertiary/aromatic N) is 2. The van der Waals surface area contributed by atoms with Gasteiger partial charge in [0.05, 0.1) is 12.3 Å². The lowest BCUT2D eigenvalue weighted by Crippen LogP contribution is -2.30. The molecule has 0 aliphatic heterocycles. The Morgan fingerprint density at radius 2 is 2.24 bits per heavy atom. The third-order valence-corrected chi connectivity index (χ3v) is 2.46. The molecule has 0 spiro atoms. The molecule has 1 aromatic rings. The van der Waals surface area contributed by atoms with Gasteiger partial charge < -0.3 is 10.5 Å². The summed E-state index contributed by atoms with van der Waals surface area (Å²) in [6, 6.07) is 3.74. The molecule has 0 saturated heterocycles. The standard InChI is InChI=1S/C13H23N3O/c1-11(2)9-16(6-7-17-3)10-13-8-12(14)4-5-15-13/h4-5,8,11H,6-7,9-10H2,1-3H3,(H2,14,15). The Balaban J connectivity index is 2.58. The van der Waals surface area contributed by atoms with Crippen molar-refractivity contribution in [2.75, 3.05) is 32.5 Å². The van der Waals surface area contributed by atoms with Crippen LogP contribution in [0.1, 0.15) is 19.5 Å². The lowest BCUT2D eigenvalue weighted by Gasteiger charge is -2.23. The highest BCUT2D eigenvalue weighted by molar-refractivity contribution is 5.37. The molecule has 17 heavy (non-hydrogen) atoms. The summed E-state index contributed by atoms with van der Waals surface area (Å²) in [4.78, 5) is 6.68. The van der Waals surface area contributed by atoms with Gasteiger partial charge in [0.2, 0.25) is 0 Å². The van der Waals surface area contributed by atoms with E-state index in [0.717, 1.165) is 37.6 Å². The van der Waals surface area contributed by atoms with Gasteiger partial charge >= 0.3 is 0 Å². The Labute approximate surface area is 104 Å². The first-order chi connectivity index (χ1) is 8.11. The molecular weight excluding hydrogens is 214 g/mol. The second kappa shape index (κ2) is 7.25. The monoisotopic (exact) mass is 237 g/mol. The highest BCUT2D eigenvalue weighted by atomic mass is 16.5. The van der Waals surface area contributed by atoms with Crippen molar-refractivity contribution in [3.63, 3.8) is 0 Å². The van der Waals surface area contributed by atoms with Crippen molar-refractivity contribution in [1.82, 2.24) is 9.88 Å². The van der Waals surface area contributed by atoms with Crippen molar-refractivity contribution in [2.45, 2.75) is 20.4 Å². The van der Waals surface area contributed by atoms with Crippen LogP contribution >= 0.6 is 0 Å². The van der Waals surface area contributed by atoms with Crippen LogP contribution in [-0.4, -0.2) is 36.7 Å². The van der Waals surface area contributed by atoms with Crippen LogP contribution in [0.2, 0.25) is 0 Å². The van der Waals surface area contributed by atoms with E-state index in [-0.39, 0.29) is 0 Å². The van der Waals surface area contributed by atoms with Crippen molar-refractivity contribution >= 4 is 5.69 Å². The van der Waals surface area contributed by atoms with Gasteiger partial charge in [0.25, 0.3) is 0 Å². The summed E-state index contributed by atoms with van der Waals surface area (Å²) >= 11 is 0. The van der Waals surface area contributed by atoms with E-state index < -0.39 is 0 Å². The summed E-state index contributed by atoms with van der Waals surface area (Å²) in [6.07, 6.45) is 1.76. The third kappa shape index (κ3) is 5.65. The van der Waals surface area contributed by atoms with Crippen molar-refractivity contribution in [3.05, 3.63) is 24.0 Å². The van der Waals surface area contributed by atoms with Gasteiger partial charge in [-0.3, -0.25) is 9.88 Å². The number of pyridine rings is 1. The predicted molar refractivity (Wildman–Crippen MR) is 70.6 cm³/mol. The third-order valence-electron chi connectivity index (χ3n) is 2.46. The van der Waals surface area contributed by atoms with Crippen molar-refractivity contribution < 1.29 is 4.74 Å². The second-order valence-corrected chi connectivity index (χ2v) is 4.70. The largest absolute Gasteiger partial charge is 0.399 e. The normalized spacial score (nSPS) is 11.4. The maximum atomic E-state index is 5.75. The van der Waals surface area contributed by atoms with E-state index in [1.54, 1.807) is 13.3 Å². The van der Waals surface area contributed by atoms with Gasteiger partial charge in [0.1, 0.15) is 0 Å². The average Bonchev–Trinajstić information content (AvgIpc) is 2.25. The molecule has 1 aromatic heterocycles. The van der Waals surface area contributed by atoms with E-state index in [0.29, 0.717) is 5.92 Å². The fourth-order valence-corrected chi connectivity index (χ4v) is 1.78. The summed E-state index contributed by atoms with van der Waals surface area (Å²) in [5.41, 5.74) is 7.54. The van der Waals surface area contributed by atoms with Crippen molar-refractivity contribution in [2.24, 2.45) is 5.92 Å². The first-order valence-electron chi connectivity index (χ1n) is 6.03. The van der Waals surface area contributed by atoms with Gasteiger partial charge in [-0.2, -0.15) is 0 Å². The van der Waals surface area contributed by atoms with Gasteiger partial charge in [0.15, 0.2) is 0 Å². The van der Waals surface area contributed by atoms with Crippen LogP contribution in [-0.2, 0) is 11.3 Å². The maximum absolute atomic E-state index is 5.75. The lowest BCUT2D eigenvalue weighted by molar-refractivity contribution is 0.135. The van der Waals surface area contributed by atoms with Crippen LogP contribution in [0, 0.1) is 5.92 Å². The highest BCUT2D eigenvalue weighted by Gasteiger charge is 2.08. The molecule has 0 amide bonds. The Bertz CT molecular complexity index is 328. The number of nitrogen functional groups attached to an aromatic ring is 1. The molecule has 1 heterocycles. The van der Waals surface area contributed by atoms with Crippen LogP contribution < -0.4 is 5.73 Å². The molecule has 0 radical (unpaired) electrons. The van der Waals surface area contributed by atoms with Gasteiger partial charge in [-0.1, -0.05) is 13.8 Å². The molecule has 0 unspecified atom stereocenters. The molecule has 1 rings (SSSR count). The topological polar surface area (TPSA) is 51.4 Å². The van der Waals surface area contributed by atoms with E-state index >= 15 is 0 Å². The number of ether oxygens (including phenoxy) is 1. The highest BCUT2D eigenvalue weighted by Crippen LogP contribution is 2.08. The summed E-state index contributed by atoms with van der Waals surface area (Å²) < 4.78 is 5.13. The summed E-state index contributed by atoms with van der Waals surface area (Å²) in [5.74, 6) is 0.632. The minimum absolute atomic E-state index is 0.632. The molecule has 0 aromatic carbocycles. The summed E-state index contributed by atoms with van der Waals surface area (Å²) in [7, 11) is 1.73. The van der Waals surface area contributed by atoms with Crippen LogP contribution in [0.3, 0.4) is 0 Å². The SMILES string of the molecule is COCCN(Cc1cc(N)ccn1)CC(C)C. The Morgan fingerprint density at radius 3 is 2.82 bits per heavy atom. The Kier molecular flexibility index (Phi) is 5.94. The number of nitrogens with two attached hydrogens (primary N) is 1. The smallest absolute Gasteiger partial charge is 0.0589 e. The zero-order valence-electron chi connectivity index (χ0n) is 11.0. The molecule has 0 saturated carbocycles. The molecule has 4 nitrogen and oxygen atoms in total. The number of hydrogen-bond acceptors (Lipinski definition) is 4. The van der Waals surface area contributed by atoms with E-state index in [1.165, 1.54) is 0 Å².